The average molecular weight is 227 g/mol. The lowest BCUT2D eigenvalue weighted by molar-refractivity contribution is -0.0996. The first kappa shape index (κ1) is 14.0. The second kappa shape index (κ2) is 6.61. The molecule has 0 spiro atoms. The van der Waals surface area contributed by atoms with Gasteiger partial charge in [-0.3, -0.25) is 0 Å². The first-order valence-electron chi connectivity index (χ1n) is 7.01. The fourth-order valence-electron chi connectivity index (χ4n) is 3.28. The third-order valence-corrected chi connectivity index (χ3v) is 4.22. The molecule has 0 saturated heterocycles. The maximum atomic E-state index is 6.18. The Morgan fingerprint density at radius 3 is 2.25 bits per heavy atom. The van der Waals surface area contributed by atoms with Crippen molar-refractivity contribution in [3.63, 3.8) is 0 Å². The maximum Gasteiger partial charge on any atom is 0.0837 e. The Bertz CT molecular complexity index is 182. The SMILES string of the molecule is CCOC1(C(NC)C(C)CC)CCCCC1. The third kappa shape index (κ3) is 2.98. The van der Waals surface area contributed by atoms with Crippen LogP contribution in [0.2, 0.25) is 0 Å². The van der Waals surface area contributed by atoms with Gasteiger partial charge in [-0.05, 0) is 32.7 Å². The highest BCUT2D eigenvalue weighted by Crippen LogP contribution is 2.37. The molecule has 0 aromatic heterocycles. The lowest BCUT2D eigenvalue weighted by Gasteiger charge is -2.45. The third-order valence-electron chi connectivity index (χ3n) is 4.22. The van der Waals surface area contributed by atoms with Gasteiger partial charge in [0, 0.05) is 12.6 Å². The van der Waals surface area contributed by atoms with Crippen LogP contribution < -0.4 is 5.32 Å². The fraction of sp³-hybridized carbons (Fsp3) is 1.00. The van der Waals surface area contributed by atoms with Gasteiger partial charge >= 0.3 is 0 Å². The lowest BCUT2D eigenvalue weighted by atomic mass is 9.74. The minimum atomic E-state index is 0.108. The van der Waals surface area contributed by atoms with E-state index >= 15 is 0 Å². The van der Waals surface area contributed by atoms with Gasteiger partial charge in [0.15, 0.2) is 0 Å². The van der Waals surface area contributed by atoms with Crippen LogP contribution in [0.4, 0.5) is 0 Å². The van der Waals surface area contributed by atoms with E-state index in [1.807, 2.05) is 0 Å². The molecule has 0 heterocycles. The van der Waals surface area contributed by atoms with E-state index in [0.717, 1.165) is 6.61 Å². The molecule has 0 aromatic carbocycles. The van der Waals surface area contributed by atoms with Gasteiger partial charge in [0.1, 0.15) is 0 Å². The van der Waals surface area contributed by atoms with Crippen molar-refractivity contribution in [2.45, 2.75) is 70.9 Å². The monoisotopic (exact) mass is 227 g/mol. The van der Waals surface area contributed by atoms with Crippen molar-refractivity contribution in [1.29, 1.82) is 0 Å². The number of nitrogens with one attached hydrogen (secondary N) is 1. The number of ether oxygens (including phenoxy) is 1. The minimum absolute atomic E-state index is 0.108. The van der Waals surface area contributed by atoms with E-state index in [1.54, 1.807) is 0 Å². The predicted octanol–water partition coefficient (Wildman–Crippen LogP) is 3.36. The molecule has 0 radical (unpaired) electrons. The normalized spacial score (nSPS) is 24.0. The maximum absolute atomic E-state index is 6.18. The zero-order chi connectivity index (χ0) is 12.0. The summed E-state index contributed by atoms with van der Waals surface area (Å²) in [6.07, 6.45) is 7.72. The summed E-state index contributed by atoms with van der Waals surface area (Å²) in [6, 6.07) is 0.512. The molecular weight excluding hydrogens is 198 g/mol. The highest BCUT2D eigenvalue weighted by Gasteiger charge is 2.41. The van der Waals surface area contributed by atoms with Gasteiger partial charge < -0.3 is 10.1 Å². The van der Waals surface area contributed by atoms with E-state index in [-0.39, 0.29) is 5.60 Å². The molecule has 2 heteroatoms. The average Bonchev–Trinajstić information content (AvgIpc) is 2.31. The van der Waals surface area contributed by atoms with E-state index in [1.165, 1.54) is 38.5 Å². The molecule has 2 nitrogen and oxygen atoms in total. The Hall–Kier alpha value is -0.0800. The number of hydrogen-bond acceptors (Lipinski definition) is 2. The molecule has 0 amide bonds. The van der Waals surface area contributed by atoms with E-state index in [2.05, 4.69) is 33.1 Å². The summed E-state index contributed by atoms with van der Waals surface area (Å²) in [5.74, 6) is 0.689. The van der Waals surface area contributed by atoms with Crippen LogP contribution in [0.25, 0.3) is 0 Å². The molecule has 0 aliphatic heterocycles. The van der Waals surface area contributed by atoms with Crippen molar-refractivity contribution < 1.29 is 4.74 Å². The van der Waals surface area contributed by atoms with Crippen molar-refractivity contribution in [1.82, 2.24) is 5.32 Å². The van der Waals surface area contributed by atoms with Crippen molar-refractivity contribution in [3.8, 4) is 0 Å². The smallest absolute Gasteiger partial charge is 0.0837 e. The highest BCUT2D eigenvalue weighted by molar-refractivity contribution is 4.97. The molecule has 16 heavy (non-hydrogen) atoms. The van der Waals surface area contributed by atoms with Crippen molar-refractivity contribution in [2.24, 2.45) is 5.92 Å². The van der Waals surface area contributed by atoms with Crippen molar-refractivity contribution in [3.05, 3.63) is 0 Å². The van der Waals surface area contributed by atoms with Crippen LogP contribution >= 0.6 is 0 Å². The second-order valence-corrected chi connectivity index (χ2v) is 5.21. The standard InChI is InChI=1S/C14H29NO/c1-5-12(3)13(15-4)14(16-6-2)10-8-7-9-11-14/h12-13,15H,5-11H2,1-4H3. The molecule has 1 rings (SSSR count). The first-order valence-corrected chi connectivity index (χ1v) is 7.01. The number of rotatable bonds is 6. The summed E-state index contributed by atoms with van der Waals surface area (Å²) in [4.78, 5) is 0. The summed E-state index contributed by atoms with van der Waals surface area (Å²) < 4.78 is 6.18. The Morgan fingerprint density at radius 1 is 1.19 bits per heavy atom. The number of likely N-dealkylation sites (N-methyl/N-ethyl adjacent to an activating group) is 1. The molecule has 2 atom stereocenters. The van der Waals surface area contributed by atoms with Gasteiger partial charge in [-0.25, -0.2) is 0 Å². The van der Waals surface area contributed by atoms with Gasteiger partial charge in [0.25, 0.3) is 0 Å². The molecule has 1 aliphatic rings. The van der Waals surface area contributed by atoms with Crippen LogP contribution in [0.1, 0.15) is 59.3 Å². The Morgan fingerprint density at radius 2 is 1.81 bits per heavy atom. The van der Waals surface area contributed by atoms with Crippen molar-refractivity contribution >= 4 is 0 Å². The molecule has 1 saturated carbocycles. The summed E-state index contributed by atoms with van der Waals surface area (Å²) in [7, 11) is 2.09. The Kier molecular flexibility index (Phi) is 5.77. The Balaban J connectivity index is 2.79. The van der Waals surface area contributed by atoms with Gasteiger partial charge in [-0.1, -0.05) is 39.5 Å². The second-order valence-electron chi connectivity index (χ2n) is 5.21. The highest BCUT2D eigenvalue weighted by atomic mass is 16.5. The van der Waals surface area contributed by atoms with E-state index in [9.17, 15) is 0 Å². The van der Waals surface area contributed by atoms with E-state index < -0.39 is 0 Å². The minimum Gasteiger partial charge on any atom is -0.374 e. The zero-order valence-electron chi connectivity index (χ0n) is 11.5. The largest absolute Gasteiger partial charge is 0.374 e. The molecule has 2 unspecified atom stereocenters. The van der Waals surface area contributed by atoms with Gasteiger partial charge in [0.05, 0.1) is 5.60 Å². The summed E-state index contributed by atoms with van der Waals surface area (Å²) in [6.45, 7) is 7.59. The van der Waals surface area contributed by atoms with Crippen molar-refractivity contribution in [2.75, 3.05) is 13.7 Å². The lowest BCUT2D eigenvalue weighted by Crippen LogP contribution is -2.55. The topological polar surface area (TPSA) is 21.3 Å². The van der Waals surface area contributed by atoms with Crippen LogP contribution in [-0.4, -0.2) is 25.3 Å². The van der Waals surface area contributed by atoms with Gasteiger partial charge in [-0.15, -0.1) is 0 Å². The van der Waals surface area contributed by atoms with Crippen LogP contribution in [0.3, 0.4) is 0 Å². The molecular formula is C14H29NO. The quantitative estimate of drug-likeness (QED) is 0.751. The number of hydrogen-bond donors (Lipinski definition) is 1. The molecule has 1 N–H and O–H groups in total. The predicted molar refractivity (Wildman–Crippen MR) is 69.7 cm³/mol. The van der Waals surface area contributed by atoms with Crippen LogP contribution in [-0.2, 0) is 4.74 Å². The first-order chi connectivity index (χ1) is 7.70. The molecule has 0 aromatic rings. The van der Waals surface area contributed by atoms with E-state index in [0.29, 0.717) is 12.0 Å². The summed E-state index contributed by atoms with van der Waals surface area (Å²) >= 11 is 0. The van der Waals surface area contributed by atoms with Gasteiger partial charge in [-0.2, -0.15) is 0 Å². The van der Waals surface area contributed by atoms with Crippen LogP contribution in [0.15, 0.2) is 0 Å². The molecule has 1 fully saturated rings. The summed E-state index contributed by atoms with van der Waals surface area (Å²) in [5, 5.41) is 3.52. The van der Waals surface area contributed by atoms with Crippen LogP contribution in [0, 0.1) is 5.92 Å². The Labute approximate surface area is 101 Å². The molecule has 96 valence electrons. The molecule has 0 bridgehead atoms. The van der Waals surface area contributed by atoms with E-state index in [4.69, 9.17) is 4.74 Å². The summed E-state index contributed by atoms with van der Waals surface area (Å²) in [5.41, 5.74) is 0.108. The van der Waals surface area contributed by atoms with Gasteiger partial charge in [0.2, 0.25) is 0 Å². The molecule has 1 aliphatic carbocycles. The zero-order valence-corrected chi connectivity index (χ0v) is 11.5. The fourth-order valence-corrected chi connectivity index (χ4v) is 3.28. The van der Waals surface area contributed by atoms with Crippen LogP contribution in [0.5, 0.6) is 0 Å².